The van der Waals surface area contributed by atoms with Crippen LogP contribution >= 0.6 is 0 Å². The molecule has 11 nitrogen and oxygen atoms in total. The van der Waals surface area contributed by atoms with Crippen molar-refractivity contribution in [2.75, 3.05) is 0 Å². The Kier molecular flexibility index (Phi) is 3.50. The van der Waals surface area contributed by atoms with Crippen molar-refractivity contribution in [1.82, 2.24) is 15.0 Å². The number of nitro benzene ring substituents is 2. The number of nitrogens with one attached hydrogen (secondary N) is 1. The summed E-state index contributed by atoms with van der Waals surface area (Å²) in [5, 5.41) is 21.8. The average molecular weight is 294 g/mol. The molecule has 1 aromatic heterocycles. The number of carbonyl (C=O) groups is 1. The van der Waals surface area contributed by atoms with Gasteiger partial charge in [0.05, 0.1) is 26.9 Å². The van der Waals surface area contributed by atoms with Gasteiger partial charge in [0.1, 0.15) is 12.4 Å². The third-order valence-electron chi connectivity index (χ3n) is 2.89. The molecular formula is C10H10N6O5. The van der Waals surface area contributed by atoms with E-state index in [1.165, 1.54) is 4.57 Å². The molecule has 1 aromatic carbocycles. The predicted octanol–water partition coefficient (Wildman–Crippen LogP) is 0.151. The summed E-state index contributed by atoms with van der Waals surface area (Å²) in [7, 11) is 0. The summed E-state index contributed by atoms with van der Waals surface area (Å²) in [6, 6.07) is 2.04. The molecule has 0 saturated heterocycles. The third-order valence-corrected chi connectivity index (χ3v) is 2.89. The van der Waals surface area contributed by atoms with E-state index in [4.69, 9.17) is 5.84 Å². The van der Waals surface area contributed by atoms with Crippen LogP contribution in [0.5, 0.6) is 0 Å². The standard InChI is InChI=1S/C10H10N6O5/c1-5-12-6-2-8(15(18)19)9(16(20)21)3-7(6)14(5)4-10(17)13-11/h2-3H,4,11H2,1H3,(H,13,17). The molecule has 3 N–H and O–H groups in total. The lowest BCUT2D eigenvalue weighted by Gasteiger charge is -2.05. The zero-order valence-corrected chi connectivity index (χ0v) is 10.8. The molecule has 2 aromatic rings. The number of benzene rings is 1. The minimum atomic E-state index is -0.854. The van der Waals surface area contributed by atoms with E-state index in [0.717, 1.165) is 12.1 Å². The van der Waals surface area contributed by atoms with E-state index in [-0.39, 0.29) is 17.6 Å². The summed E-state index contributed by atoms with van der Waals surface area (Å²) in [5.74, 6) is 4.84. The molecule has 0 aliphatic carbocycles. The Hall–Kier alpha value is -3.08. The van der Waals surface area contributed by atoms with Gasteiger partial charge >= 0.3 is 11.4 Å². The summed E-state index contributed by atoms with van der Waals surface area (Å²) in [4.78, 5) is 35.5. The maximum absolute atomic E-state index is 11.3. The number of nitrogens with two attached hydrogens (primary N) is 1. The van der Waals surface area contributed by atoms with Crippen LogP contribution in [0.4, 0.5) is 11.4 Å². The SMILES string of the molecule is Cc1nc2cc([N+](=O)[O-])c([N+](=O)[O-])cc2n1CC(=O)NN. The lowest BCUT2D eigenvalue weighted by Crippen LogP contribution is -2.33. The normalized spacial score (nSPS) is 10.6. The first kappa shape index (κ1) is 14.3. The molecule has 21 heavy (non-hydrogen) atoms. The molecule has 0 spiro atoms. The number of nitrogens with zero attached hydrogens (tertiary/aromatic N) is 4. The number of hydrazine groups is 1. The molecule has 110 valence electrons. The summed E-state index contributed by atoms with van der Waals surface area (Å²) in [5.41, 5.74) is 1.05. The summed E-state index contributed by atoms with van der Waals surface area (Å²) >= 11 is 0. The number of amides is 1. The fraction of sp³-hybridized carbons (Fsp3) is 0.200. The molecule has 0 bridgehead atoms. The molecule has 2 rings (SSSR count). The first-order chi connectivity index (χ1) is 9.85. The molecule has 1 amide bonds. The summed E-state index contributed by atoms with van der Waals surface area (Å²) in [6.07, 6.45) is 0. The molecule has 1 heterocycles. The van der Waals surface area contributed by atoms with Crippen molar-refractivity contribution in [2.45, 2.75) is 13.5 Å². The Morgan fingerprint density at radius 1 is 1.33 bits per heavy atom. The van der Waals surface area contributed by atoms with Crippen LogP contribution in [0.25, 0.3) is 11.0 Å². The molecule has 0 fully saturated rings. The fourth-order valence-corrected chi connectivity index (χ4v) is 1.95. The number of nitro groups is 2. The third kappa shape index (κ3) is 2.49. The minimum absolute atomic E-state index is 0.189. The van der Waals surface area contributed by atoms with Gasteiger partial charge in [0.25, 0.3) is 5.91 Å². The van der Waals surface area contributed by atoms with Crippen LogP contribution in [-0.2, 0) is 11.3 Å². The first-order valence-electron chi connectivity index (χ1n) is 5.64. The van der Waals surface area contributed by atoms with Gasteiger partial charge in [-0.2, -0.15) is 0 Å². The summed E-state index contributed by atoms with van der Waals surface area (Å²) < 4.78 is 1.38. The smallest absolute Gasteiger partial charge is 0.318 e. The Balaban J connectivity index is 2.71. The topological polar surface area (TPSA) is 159 Å². The Labute approximate surface area is 116 Å². The van der Waals surface area contributed by atoms with Gasteiger partial charge in [0.15, 0.2) is 0 Å². The Morgan fingerprint density at radius 2 is 1.90 bits per heavy atom. The predicted molar refractivity (Wildman–Crippen MR) is 70.1 cm³/mol. The van der Waals surface area contributed by atoms with Crippen LogP contribution < -0.4 is 11.3 Å². The van der Waals surface area contributed by atoms with Crippen molar-refractivity contribution >= 4 is 28.3 Å². The number of aryl methyl sites for hydroxylation is 1. The molecule has 0 aliphatic rings. The van der Waals surface area contributed by atoms with Crippen LogP contribution in [0, 0.1) is 27.2 Å². The van der Waals surface area contributed by atoms with Gasteiger partial charge in [-0.1, -0.05) is 0 Å². The van der Waals surface area contributed by atoms with Crippen molar-refractivity contribution in [3.8, 4) is 0 Å². The highest BCUT2D eigenvalue weighted by atomic mass is 16.6. The van der Waals surface area contributed by atoms with Gasteiger partial charge in [-0.3, -0.25) is 30.4 Å². The zero-order chi connectivity index (χ0) is 15.7. The van der Waals surface area contributed by atoms with E-state index < -0.39 is 27.1 Å². The number of hydrogen-bond acceptors (Lipinski definition) is 7. The fourth-order valence-electron chi connectivity index (χ4n) is 1.95. The largest absolute Gasteiger partial charge is 0.348 e. The van der Waals surface area contributed by atoms with E-state index >= 15 is 0 Å². The van der Waals surface area contributed by atoms with Crippen LogP contribution in [0.1, 0.15) is 5.82 Å². The zero-order valence-electron chi connectivity index (χ0n) is 10.8. The Bertz CT molecular complexity index is 767. The van der Waals surface area contributed by atoms with Crippen molar-refractivity contribution < 1.29 is 14.6 Å². The molecule has 0 unspecified atom stereocenters. The van der Waals surface area contributed by atoms with Gasteiger partial charge in [0, 0.05) is 6.07 Å². The van der Waals surface area contributed by atoms with Crippen LogP contribution in [-0.4, -0.2) is 25.3 Å². The summed E-state index contributed by atoms with van der Waals surface area (Å²) in [6.45, 7) is 1.37. The number of aromatic nitrogens is 2. The van der Waals surface area contributed by atoms with Crippen LogP contribution in [0.15, 0.2) is 12.1 Å². The van der Waals surface area contributed by atoms with Crippen LogP contribution in [0.3, 0.4) is 0 Å². The minimum Gasteiger partial charge on any atom is -0.318 e. The van der Waals surface area contributed by atoms with Crippen molar-refractivity contribution in [3.05, 3.63) is 38.2 Å². The molecule has 11 heteroatoms. The molecule has 0 aliphatic heterocycles. The highest BCUT2D eigenvalue weighted by Crippen LogP contribution is 2.32. The molecule has 0 radical (unpaired) electrons. The first-order valence-corrected chi connectivity index (χ1v) is 5.64. The van der Waals surface area contributed by atoms with Gasteiger partial charge in [-0.25, -0.2) is 10.8 Å². The molecule has 0 atom stereocenters. The van der Waals surface area contributed by atoms with Gasteiger partial charge in [-0.15, -0.1) is 0 Å². The highest BCUT2D eigenvalue weighted by molar-refractivity contribution is 5.85. The number of carbonyl (C=O) groups excluding carboxylic acids is 1. The van der Waals surface area contributed by atoms with Crippen molar-refractivity contribution in [1.29, 1.82) is 0 Å². The van der Waals surface area contributed by atoms with Crippen molar-refractivity contribution in [2.24, 2.45) is 5.84 Å². The van der Waals surface area contributed by atoms with Gasteiger partial charge < -0.3 is 4.57 Å². The van der Waals surface area contributed by atoms with Gasteiger partial charge in [0.2, 0.25) is 0 Å². The quantitative estimate of drug-likeness (QED) is 0.351. The molecule has 0 saturated carbocycles. The second-order valence-electron chi connectivity index (χ2n) is 4.16. The number of imidazole rings is 1. The highest BCUT2D eigenvalue weighted by Gasteiger charge is 2.27. The lowest BCUT2D eigenvalue weighted by atomic mass is 10.2. The number of hydrogen-bond donors (Lipinski definition) is 2. The van der Waals surface area contributed by atoms with Gasteiger partial charge in [-0.05, 0) is 6.92 Å². The van der Waals surface area contributed by atoms with E-state index in [0.29, 0.717) is 5.82 Å². The monoisotopic (exact) mass is 294 g/mol. The second kappa shape index (κ2) is 5.13. The number of rotatable bonds is 4. The maximum atomic E-state index is 11.3. The number of fused-ring (bicyclic) bond motifs is 1. The maximum Gasteiger partial charge on any atom is 0.348 e. The van der Waals surface area contributed by atoms with E-state index in [2.05, 4.69) is 4.98 Å². The lowest BCUT2D eigenvalue weighted by molar-refractivity contribution is -0.422. The van der Waals surface area contributed by atoms with Crippen molar-refractivity contribution in [3.63, 3.8) is 0 Å². The molecular weight excluding hydrogens is 284 g/mol. The van der Waals surface area contributed by atoms with Crippen LogP contribution in [0.2, 0.25) is 0 Å². The second-order valence-corrected chi connectivity index (χ2v) is 4.16. The van der Waals surface area contributed by atoms with E-state index in [9.17, 15) is 25.0 Å². The Morgan fingerprint density at radius 3 is 2.43 bits per heavy atom. The van der Waals surface area contributed by atoms with E-state index in [1.807, 2.05) is 5.43 Å². The average Bonchev–Trinajstić information content (AvgIpc) is 2.72. The van der Waals surface area contributed by atoms with E-state index in [1.54, 1.807) is 6.92 Å².